The molecule has 0 atom stereocenters. The normalized spacial score (nSPS) is 11.0. The summed E-state index contributed by atoms with van der Waals surface area (Å²) in [6.45, 7) is 1.30. The lowest BCUT2D eigenvalue weighted by Gasteiger charge is -2.07. The second kappa shape index (κ2) is 7.41. The molecule has 0 radical (unpaired) electrons. The minimum absolute atomic E-state index is 0.107. The number of aliphatic hydroxyl groups is 1. The van der Waals surface area contributed by atoms with E-state index in [1.807, 2.05) is 0 Å². The Labute approximate surface area is 142 Å². The molecule has 0 spiro atoms. The molecule has 6 nitrogen and oxygen atoms in total. The third-order valence-electron chi connectivity index (χ3n) is 3.07. The lowest BCUT2D eigenvalue weighted by molar-refractivity contribution is 0.0955. The summed E-state index contributed by atoms with van der Waals surface area (Å²) in [6, 6.07) is 4.43. The number of hydrazone groups is 1. The van der Waals surface area contributed by atoms with Gasteiger partial charge in [0.05, 0.1) is 28.6 Å². The molecule has 0 unspecified atom stereocenters. The average molecular weight is 354 g/mol. The van der Waals surface area contributed by atoms with Gasteiger partial charge >= 0.3 is 0 Å². The lowest BCUT2D eigenvalue weighted by Crippen LogP contribution is -2.17. The van der Waals surface area contributed by atoms with Crippen molar-refractivity contribution < 1.29 is 15.0 Å². The van der Waals surface area contributed by atoms with E-state index in [1.54, 1.807) is 6.92 Å². The Morgan fingerprint density at radius 2 is 2.13 bits per heavy atom. The van der Waals surface area contributed by atoms with Crippen LogP contribution in [-0.2, 0) is 6.61 Å². The Kier molecular flexibility index (Phi) is 5.54. The standard InChI is InChI=1S/C15H13Cl2N3O3/c1-8-14(22)11(10(7-21)5-18-8)6-19-20-15(23)9-2-3-12(16)13(17)4-9/h2-6,21-22H,7H2,1H3,(H,20,23)/b19-6+. The number of pyridine rings is 1. The summed E-state index contributed by atoms with van der Waals surface area (Å²) in [7, 11) is 0. The van der Waals surface area contributed by atoms with Gasteiger partial charge in [0, 0.05) is 22.9 Å². The first kappa shape index (κ1) is 17.2. The Morgan fingerprint density at radius 3 is 2.78 bits per heavy atom. The molecule has 2 rings (SSSR count). The number of carbonyl (C=O) groups is 1. The van der Waals surface area contributed by atoms with E-state index in [-0.39, 0.29) is 28.5 Å². The van der Waals surface area contributed by atoms with Crippen LogP contribution in [0.5, 0.6) is 5.75 Å². The van der Waals surface area contributed by atoms with Crippen LogP contribution in [0.1, 0.15) is 27.2 Å². The maximum absolute atomic E-state index is 12.0. The molecule has 1 heterocycles. The zero-order valence-corrected chi connectivity index (χ0v) is 13.6. The first-order chi connectivity index (χ1) is 10.9. The number of halogens is 2. The van der Waals surface area contributed by atoms with Crippen molar-refractivity contribution in [2.45, 2.75) is 13.5 Å². The number of nitrogens with zero attached hydrogens (tertiary/aromatic N) is 2. The smallest absolute Gasteiger partial charge is 0.271 e. The van der Waals surface area contributed by atoms with Gasteiger partial charge in [0.15, 0.2) is 0 Å². The summed E-state index contributed by atoms with van der Waals surface area (Å²) < 4.78 is 0. The highest BCUT2D eigenvalue weighted by Crippen LogP contribution is 2.23. The third-order valence-corrected chi connectivity index (χ3v) is 3.81. The summed E-state index contributed by atoms with van der Waals surface area (Å²) in [5, 5.41) is 23.6. The molecule has 0 saturated heterocycles. The van der Waals surface area contributed by atoms with Crippen molar-refractivity contribution in [3.63, 3.8) is 0 Å². The van der Waals surface area contributed by atoms with E-state index in [0.717, 1.165) is 0 Å². The highest BCUT2D eigenvalue weighted by atomic mass is 35.5. The van der Waals surface area contributed by atoms with Gasteiger partial charge in [-0.25, -0.2) is 5.43 Å². The van der Waals surface area contributed by atoms with Gasteiger partial charge in [-0.05, 0) is 25.1 Å². The van der Waals surface area contributed by atoms with E-state index in [2.05, 4.69) is 15.5 Å². The van der Waals surface area contributed by atoms with Gasteiger partial charge in [-0.3, -0.25) is 9.78 Å². The molecule has 3 N–H and O–H groups in total. The maximum Gasteiger partial charge on any atom is 0.271 e. The highest BCUT2D eigenvalue weighted by Gasteiger charge is 2.10. The van der Waals surface area contributed by atoms with Crippen LogP contribution in [0.4, 0.5) is 0 Å². The van der Waals surface area contributed by atoms with Gasteiger partial charge in [-0.2, -0.15) is 5.10 Å². The zero-order valence-electron chi connectivity index (χ0n) is 12.0. The highest BCUT2D eigenvalue weighted by molar-refractivity contribution is 6.42. The fourth-order valence-corrected chi connectivity index (χ4v) is 2.08. The second-order valence-corrected chi connectivity index (χ2v) is 5.43. The molecule has 0 saturated carbocycles. The van der Waals surface area contributed by atoms with Crippen molar-refractivity contribution in [2.24, 2.45) is 5.10 Å². The number of hydrogen-bond acceptors (Lipinski definition) is 5. The SMILES string of the molecule is Cc1ncc(CO)c(/C=N/NC(=O)c2ccc(Cl)c(Cl)c2)c1O. The zero-order chi connectivity index (χ0) is 17.0. The van der Waals surface area contributed by atoms with Crippen LogP contribution in [0.25, 0.3) is 0 Å². The van der Waals surface area contributed by atoms with Gasteiger partial charge in [0.25, 0.3) is 5.91 Å². The van der Waals surface area contributed by atoms with Crippen LogP contribution in [0.2, 0.25) is 10.0 Å². The van der Waals surface area contributed by atoms with Crippen LogP contribution < -0.4 is 5.43 Å². The van der Waals surface area contributed by atoms with E-state index in [0.29, 0.717) is 16.3 Å². The average Bonchev–Trinajstić information content (AvgIpc) is 2.54. The molecule has 1 aromatic heterocycles. The molecule has 1 aromatic carbocycles. The summed E-state index contributed by atoms with van der Waals surface area (Å²) >= 11 is 11.6. The van der Waals surface area contributed by atoms with Crippen molar-refractivity contribution in [3.8, 4) is 5.75 Å². The van der Waals surface area contributed by atoms with Gasteiger partial charge in [0.2, 0.25) is 0 Å². The molecular formula is C15H13Cl2N3O3. The van der Waals surface area contributed by atoms with Crippen molar-refractivity contribution in [2.75, 3.05) is 0 Å². The van der Waals surface area contributed by atoms with E-state index in [9.17, 15) is 15.0 Å². The van der Waals surface area contributed by atoms with E-state index < -0.39 is 5.91 Å². The Hall–Kier alpha value is -2.15. The molecular weight excluding hydrogens is 341 g/mol. The van der Waals surface area contributed by atoms with Gasteiger partial charge in [-0.15, -0.1) is 0 Å². The Bertz CT molecular complexity index is 779. The number of aliphatic hydroxyl groups excluding tert-OH is 1. The van der Waals surface area contributed by atoms with Gasteiger partial charge in [-0.1, -0.05) is 23.2 Å². The largest absolute Gasteiger partial charge is 0.505 e. The fourth-order valence-electron chi connectivity index (χ4n) is 1.78. The monoisotopic (exact) mass is 353 g/mol. The molecule has 2 aromatic rings. The van der Waals surface area contributed by atoms with Crippen molar-refractivity contribution in [1.82, 2.24) is 10.4 Å². The van der Waals surface area contributed by atoms with Crippen LogP contribution in [0, 0.1) is 6.92 Å². The maximum atomic E-state index is 12.0. The van der Waals surface area contributed by atoms with Crippen LogP contribution in [-0.4, -0.2) is 27.3 Å². The Morgan fingerprint density at radius 1 is 1.39 bits per heavy atom. The number of amides is 1. The molecule has 120 valence electrons. The van der Waals surface area contributed by atoms with Gasteiger partial charge in [0.1, 0.15) is 5.75 Å². The molecule has 23 heavy (non-hydrogen) atoms. The van der Waals surface area contributed by atoms with Crippen molar-refractivity contribution in [1.29, 1.82) is 0 Å². The molecule has 0 aliphatic heterocycles. The molecule has 0 fully saturated rings. The number of hydrogen-bond donors (Lipinski definition) is 3. The lowest BCUT2D eigenvalue weighted by atomic mass is 10.1. The molecule has 0 bridgehead atoms. The number of nitrogens with one attached hydrogen (secondary N) is 1. The molecule has 8 heteroatoms. The number of carbonyl (C=O) groups excluding carboxylic acids is 1. The Balaban J connectivity index is 2.17. The number of aryl methyl sites for hydroxylation is 1. The first-order valence-electron chi connectivity index (χ1n) is 6.50. The number of aromatic hydroxyl groups is 1. The number of aromatic nitrogens is 1. The third kappa shape index (κ3) is 3.98. The summed E-state index contributed by atoms with van der Waals surface area (Å²) in [4.78, 5) is 15.9. The van der Waals surface area contributed by atoms with Crippen LogP contribution >= 0.6 is 23.2 Å². The van der Waals surface area contributed by atoms with Crippen molar-refractivity contribution in [3.05, 3.63) is 56.8 Å². The van der Waals surface area contributed by atoms with Crippen LogP contribution in [0.3, 0.4) is 0 Å². The minimum atomic E-state index is -0.490. The van der Waals surface area contributed by atoms with Gasteiger partial charge < -0.3 is 10.2 Å². The molecule has 1 amide bonds. The van der Waals surface area contributed by atoms with Crippen molar-refractivity contribution >= 4 is 35.3 Å². The first-order valence-corrected chi connectivity index (χ1v) is 7.26. The summed E-state index contributed by atoms with van der Waals surface area (Å²) in [5.41, 5.74) is 3.66. The summed E-state index contributed by atoms with van der Waals surface area (Å²) in [5.74, 6) is -0.597. The molecule has 0 aliphatic carbocycles. The number of rotatable bonds is 4. The topological polar surface area (TPSA) is 94.8 Å². The fraction of sp³-hybridized carbons (Fsp3) is 0.133. The summed E-state index contributed by atoms with van der Waals surface area (Å²) in [6.07, 6.45) is 2.67. The number of benzene rings is 1. The quantitative estimate of drug-likeness (QED) is 0.581. The predicted molar refractivity (Wildman–Crippen MR) is 88.1 cm³/mol. The molecule has 0 aliphatic rings. The van der Waals surface area contributed by atoms with E-state index in [4.69, 9.17) is 23.2 Å². The van der Waals surface area contributed by atoms with Crippen LogP contribution in [0.15, 0.2) is 29.5 Å². The predicted octanol–water partition coefficient (Wildman–Crippen LogP) is 2.66. The van der Waals surface area contributed by atoms with E-state index >= 15 is 0 Å². The van der Waals surface area contributed by atoms with E-state index in [1.165, 1.54) is 30.6 Å². The minimum Gasteiger partial charge on any atom is -0.505 e. The second-order valence-electron chi connectivity index (χ2n) is 4.62.